The molecule has 4 rings (SSSR count). The Hall–Kier alpha value is -2.40. The summed E-state index contributed by atoms with van der Waals surface area (Å²) in [6.45, 7) is -0.0172. The fourth-order valence-corrected chi connectivity index (χ4v) is 4.30. The Morgan fingerprint density at radius 3 is 2.77 bits per heavy atom. The monoisotopic (exact) mass is 366 g/mol. The van der Waals surface area contributed by atoms with E-state index in [4.69, 9.17) is 4.74 Å². The standard InChI is InChI=1S/C21H22N2O2S/c24-20(13-25-18-11-10-15-6-4-5-9-17(15)12-18)23-21-22-19(14-26-21)16-7-2-1-3-8-16/h4-6,9-12,14,16H,1-3,7-8,13H2,(H,22,23,24). The quantitative estimate of drug-likeness (QED) is 0.661. The van der Waals surface area contributed by atoms with Crippen LogP contribution in [0, 0.1) is 0 Å². The van der Waals surface area contributed by atoms with Crippen molar-refractivity contribution in [2.75, 3.05) is 11.9 Å². The second-order valence-corrected chi connectivity index (χ2v) is 7.62. The molecule has 2 aromatic carbocycles. The van der Waals surface area contributed by atoms with Gasteiger partial charge in [0.25, 0.3) is 5.91 Å². The van der Waals surface area contributed by atoms with Crippen LogP contribution >= 0.6 is 11.3 Å². The predicted molar refractivity (Wildman–Crippen MR) is 106 cm³/mol. The van der Waals surface area contributed by atoms with Gasteiger partial charge < -0.3 is 4.74 Å². The van der Waals surface area contributed by atoms with Crippen molar-refractivity contribution in [3.8, 4) is 5.75 Å². The van der Waals surface area contributed by atoms with Crippen molar-refractivity contribution in [2.45, 2.75) is 38.0 Å². The van der Waals surface area contributed by atoms with Crippen molar-refractivity contribution in [1.82, 2.24) is 4.98 Å². The van der Waals surface area contributed by atoms with Crippen molar-refractivity contribution in [1.29, 1.82) is 0 Å². The lowest BCUT2D eigenvalue weighted by Gasteiger charge is -2.19. The summed E-state index contributed by atoms with van der Waals surface area (Å²) in [5.41, 5.74) is 1.13. The Morgan fingerprint density at radius 2 is 1.92 bits per heavy atom. The summed E-state index contributed by atoms with van der Waals surface area (Å²) in [5.74, 6) is 1.07. The normalized spacial score (nSPS) is 15.1. The average Bonchev–Trinajstić information content (AvgIpc) is 3.15. The number of hydrogen-bond donors (Lipinski definition) is 1. The maximum Gasteiger partial charge on any atom is 0.264 e. The molecule has 1 fully saturated rings. The molecule has 1 aromatic heterocycles. The van der Waals surface area contributed by atoms with E-state index in [0.717, 1.165) is 16.5 Å². The van der Waals surface area contributed by atoms with Crippen molar-refractivity contribution in [3.63, 3.8) is 0 Å². The Bertz CT molecular complexity index is 900. The van der Waals surface area contributed by atoms with E-state index in [-0.39, 0.29) is 12.5 Å². The van der Waals surface area contributed by atoms with E-state index >= 15 is 0 Å². The molecule has 1 aliphatic rings. The molecule has 0 atom stereocenters. The van der Waals surface area contributed by atoms with Crippen LogP contribution in [-0.4, -0.2) is 17.5 Å². The number of carbonyl (C=O) groups excluding carboxylic acids is 1. The van der Waals surface area contributed by atoms with Gasteiger partial charge in [-0.3, -0.25) is 10.1 Å². The van der Waals surface area contributed by atoms with Gasteiger partial charge in [0.15, 0.2) is 11.7 Å². The van der Waals surface area contributed by atoms with Crippen molar-refractivity contribution < 1.29 is 9.53 Å². The summed E-state index contributed by atoms with van der Waals surface area (Å²) in [6.07, 6.45) is 6.31. The SMILES string of the molecule is O=C(COc1ccc2ccccc2c1)Nc1nc(C2CCCCC2)cs1. The molecule has 26 heavy (non-hydrogen) atoms. The van der Waals surface area contributed by atoms with Crippen LogP contribution in [0.3, 0.4) is 0 Å². The summed E-state index contributed by atoms with van der Waals surface area (Å²) in [6, 6.07) is 13.9. The van der Waals surface area contributed by atoms with Gasteiger partial charge in [0.2, 0.25) is 0 Å². The van der Waals surface area contributed by atoms with Gasteiger partial charge >= 0.3 is 0 Å². The van der Waals surface area contributed by atoms with E-state index in [2.05, 4.69) is 21.7 Å². The van der Waals surface area contributed by atoms with Gasteiger partial charge in [0.05, 0.1) is 5.69 Å². The molecule has 5 heteroatoms. The lowest BCUT2D eigenvalue weighted by Crippen LogP contribution is -2.20. The Morgan fingerprint density at radius 1 is 1.12 bits per heavy atom. The number of amides is 1. The fourth-order valence-electron chi connectivity index (χ4n) is 3.49. The molecule has 0 saturated heterocycles. The Balaban J connectivity index is 1.32. The molecule has 1 N–H and O–H groups in total. The highest BCUT2D eigenvalue weighted by atomic mass is 32.1. The first kappa shape index (κ1) is 17.0. The number of nitrogens with one attached hydrogen (secondary N) is 1. The molecule has 4 nitrogen and oxygen atoms in total. The van der Waals surface area contributed by atoms with E-state index in [1.165, 1.54) is 43.4 Å². The molecule has 3 aromatic rings. The number of nitrogens with zero attached hydrogens (tertiary/aromatic N) is 1. The maximum absolute atomic E-state index is 12.2. The van der Waals surface area contributed by atoms with Crippen LogP contribution in [0.2, 0.25) is 0 Å². The molecular weight excluding hydrogens is 344 g/mol. The minimum absolute atomic E-state index is 0.0172. The first-order valence-electron chi connectivity index (χ1n) is 9.15. The first-order chi connectivity index (χ1) is 12.8. The van der Waals surface area contributed by atoms with E-state index in [1.807, 2.05) is 36.4 Å². The van der Waals surface area contributed by atoms with Gasteiger partial charge in [-0.05, 0) is 35.7 Å². The zero-order chi connectivity index (χ0) is 17.8. The first-order valence-corrected chi connectivity index (χ1v) is 10.0. The number of rotatable bonds is 5. The highest BCUT2D eigenvalue weighted by molar-refractivity contribution is 7.13. The molecule has 0 aliphatic heterocycles. The number of benzene rings is 2. The van der Waals surface area contributed by atoms with Crippen LogP contribution in [0.1, 0.15) is 43.7 Å². The second kappa shape index (κ2) is 7.87. The third kappa shape index (κ3) is 4.05. The van der Waals surface area contributed by atoms with Gasteiger partial charge in [-0.2, -0.15) is 0 Å². The van der Waals surface area contributed by atoms with E-state index < -0.39 is 0 Å². The third-order valence-electron chi connectivity index (χ3n) is 4.88. The highest BCUT2D eigenvalue weighted by Crippen LogP contribution is 2.34. The number of anilines is 1. The molecule has 1 amide bonds. The van der Waals surface area contributed by atoms with Gasteiger partial charge in [0.1, 0.15) is 5.75 Å². The third-order valence-corrected chi connectivity index (χ3v) is 5.66. The smallest absolute Gasteiger partial charge is 0.264 e. The van der Waals surface area contributed by atoms with E-state index in [1.54, 1.807) is 0 Å². The molecule has 0 radical (unpaired) electrons. The average molecular weight is 366 g/mol. The molecule has 0 unspecified atom stereocenters. The molecule has 134 valence electrons. The largest absolute Gasteiger partial charge is 0.484 e. The van der Waals surface area contributed by atoms with Crippen LogP contribution < -0.4 is 10.1 Å². The highest BCUT2D eigenvalue weighted by Gasteiger charge is 2.18. The van der Waals surface area contributed by atoms with Gasteiger partial charge in [0, 0.05) is 11.3 Å². The van der Waals surface area contributed by atoms with E-state index in [9.17, 15) is 4.79 Å². The minimum Gasteiger partial charge on any atom is -0.484 e. The predicted octanol–water partition coefficient (Wildman–Crippen LogP) is 5.36. The maximum atomic E-state index is 12.2. The topological polar surface area (TPSA) is 51.2 Å². The summed E-state index contributed by atoms with van der Waals surface area (Å²) in [4.78, 5) is 16.8. The molecule has 0 bridgehead atoms. The molecule has 1 aliphatic carbocycles. The number of fused-ring (bicyclic) bond motifs is 1. The van der Waals surface area contributed by atoms with Crippen molar-refractivity contribution in [2.24, 2.45) is 0 Å². The number of hydrogen-bond acceptors (Lipinski definition) is 4. The summed E-state index contributed by atoms with van der Waals surface area (Å²) < 4.78 is 5.64. The minimum atomic E-state index is -0.178. The number of ether oxygens (including phenoxy) is 1. The van der Waals surface area contributed by atoms with Gasteiger partial charge in [-0.15, -0.1) is 11.3 Å². The van der Waals surface area contributed by atoms with Crippen LogP contribution in [-0.2, 0) is 4.79 Å². The van der Waals surface area contributed by atoms with Gasteiger partial charge in [-0.1, -0.05) is 49.6 Å². The lowest BCUT2D eigenvalue weighted by molar-refractivity contribution is -0.118. The zero-order valence-corrected chi connectivity index (χ0v) is 15.4. The molecular formula is C21H22N2O2S. The Labute approximate surface area is 157 Å². The lowest BCUT2D eigenvalue weighted by atomic mass is 9.87. The van der Waals surface area contributed by atoms with Crippen LogP contribution in [0.25, 0.3) is 10.8 Å². The molecule has 0 spiro atoms. The Kier molecular flexibility index (Phi) is 5.16. The second-order valence-electron chi connectivity index (χ2n) is 6.76. The summed E-state index contributed by atoms with van der Waals surface area (Å²) in [7, 11) is 0. The number of aromatic nitrogens is 1. The van der Waals surface area contributed by atoms with Crippen LogP contribution in [0.15, 0.2) is 47.8 Å². The van der Waals surface area contributed by atoms with Crippen LogP contribution in [0.4, 0.5) is 5.13 Å². The van der Waals surface area contributed by atoms with E-state index in [0.29, 0.717) is 16.8 Å². The number of carbonyl (C=O) groups is 1. The summed E-state index contributed by atoms with van der Waals surface area (Å²) >= 11 is 1.50. The number of thiazole rings is 1. The fraction of sp³-hybridized carbons (Fsp3) is 0.333. The zero-order valence-electron chi connectivity index (χ0n) is 14.6. The van der Waals surface area contributed by atoms with Crippen molar-refractivity contribution >= 4 is 33.1 Å². The molecule has 1 saturated carbocycles. The molecule has 1 heterocycles. The van der Waals surface area contributed by atoms with Crippen molar-refractivity contribution in [3.05, 3.63) is 53.5 Å². The van der Waals surface area contributed by atoms with Gasteiger partial charge in [-0.25, -0.2) is 4.98 Å². The van der Waals surface area contributed by atoms with Crippen LogP contribution in [0.5, 0.6) is 5.75 Å². The summed E-state index contributed by atoms with van der Waals surface area (Å²) in [5, 5.41) is 7.85.